The molecule has 3 nitrogen and oxygen atoms in total. The van der Waals surface area contributed by atoms with Gasteiger partial charge in [-0.05, 0) is 32.0 Å². The summed E-state index contributed by atoms with van der Waals surface area (Å²) in [5, 5.41) is 6.22. The second kappa shape index (κ2) is 7.85. The van der Waals surface area contributed by atoms with Gasteiger partial charge in [-0.1, -0.05) is 31.5 Å². The maximum atomic E-state index is 11.7. The number of rotatable bonds is 7. The van der Waals surface area contributed by atoms with Crippen LogP contribution in [-0.4, -0.2) is 18.5 Å². The summed E-state index contributed by atoms with van der Waals surface area (Å²) < 4.78 is 0. The van der Waals surface area contributed by atoms with Crippen LogP contribution in [0.5, 0.6) is 0 Å². The Bertz CT molecular complexity index is 324. The van der Waals surface area contributed by atoms with Gasteiger partial charge in [-0.3, -0.25) is 4.79 Å². The van der Waals surface area contributed by atoms with E-state index < -0.39 is 0 Å². The van der Waals surface area contributed by atoms with E-state index in [1.165, 1.54) is 6.42 Å². The first-order valence-electron chi connectivity index (χ1n) is 6.30. The fourth-order valence-electron chi connectivity index (χ4n) is 1.61. The molecule has 0 aliphatic carbocycles. The van der Waals surface area contributed by atoms with Gasteiger partial charge in [0.1, 0.15) is 0 Å². The van der Waals surface area contributed by atoms with Gasteiger partial charge in [0.25, 0.3) is 0 Å². The van der Waals surface area contributed by atoms with Gasteiger partial charge in [-0.2, -0.15) is 0 Å². The fraction of sp³-hybridized carbons (Fsp3) is 0.500. The lowest BCUT2D eigenvalue weighted by atomic mass is 10.2. The summed E-state index contributed by atoms with van der Waals surface area (Å²) in [5.74, 6) is 0.0627. The molecule has 1 aromatic rings. The Kier molecular flexibility index (Phi) is 6.33. The fourth-order valence-corrected chi connectivity index (χ4v) is 1.61. The topological polar surface area (TPSA) is 41.1 Å². The normalized spacial score (nSPS) is 12.1. The molecule has 1 unspecified atom stereocenters. The van der Waals surface area contributed by atoms with E-state index >= 15 is 0 Å². The van der Waals surface area contributed by atoms with E-state index in [9.17, 15) is 4.79 Å². The number of hydrogen-bond donors (Lipinski definition) is 2. The summed E-state index contributed by atoms with van der Waals surface area (Å²) in [7, 11) is 0. The van der Waals surface area contributed by atoms with Crippen molar-refractivity contribution < 1.29 is 4.79 Å². The zero-order chi connectivity index (χ0) is 12.5. The van der Waals surface area contributed by atoms with Gasteiger partial charge >= 0.3 is 0 Å². The predicted molar refractivity (Wildman–Crippen MR) is 72.1 cm³/mol. The molecule has 2 N–H and O–H groups in total. The van der Waals surface area contributed by atoms with E-state index in [-0.39, 0.29) is 11.9 Å². The van der Waals surface area contributed by atoms with Crippen LogP contribution in [0, 0.1) is 0 Å². The van der Waals surface area contributed by atoms with Crippen LogP contribution in [0.2, 0.25) is 0 Å². The van der Waals surface area contributed by atoms with Gasteiger partial charge in [0.15, 0.2) is 0 Å². The molecule has 0 aliphatic heterocycles. The molecule has 1 atom stereocenters. The molecule has 17 heavy (non-hydrogen) atoms. The number of para-hydroxylation sites is 1. The van der Waals surface area contributed by atoms with Gasteiger partial charge in [-0.15, -0.1) is 0 Å². The summed E-state index contributed by atoms with van der Waals surface area (Å²) in [4.78, 5) is 11.7. The van der Waals surface area contributed by atoms with Crippen LogP contribution in [-0.2, 0) is 4.79 Å². The zero-order valence-electron chi connectivity index (χ0n) is 10.7. The first kappa shape index (κ1) is 13.7. The lowest BCUT2D eigenvalue weighted by Crippen LogP contribution is -2.31. The maximum Gasteiger partial charge on any atom is 0.225 e. The largest absolute Gasteiger partial charge is 0.326 e. The lowest BCUT2D eigenvalue weighted by Gasteiger charge is -2.13. The average Bonchev–Trinajstić information content (AvgIpc) is 2.30. The van der Waals surface area contributed by atoms with Crippen LogP contribution in [0.3, 0.4) is 0 Å². The number of unbranched alkanes of at least 4 members (excludes halogenated alkanes) is 1. The van der Waals surface area contributed by atoms with E-state index in [0.717, 1.165) is 18.7 Å². The molecule has 1 amide bonds. The first-order valence-corrected chi connectivity index (χ1v) is 6.30. The van der Waals surface area contributed by atoms with Crippen molar-refractivity contribution in [2.45, 2.75) is 39.2 Å². The third kappa shape index (κ3) is 6.07. The number of anilines is 1. The second-order valence-electron chi connectivity index (χ2n) is 4.33. The number of carbonyl (C=O) groups excluding carboxylic acids is 1. The molecule has 94 valence electrons. The highest BCUT2D eigenvalue weighted by atomic mass is 16.1. The van der Waals surface area contributed by atoms with Crippen molar-refractivity contribution >= 4 is 11.6 Å². The molecule has 0 aromatic heterocycles. The monoisotopic (exact) mass is 234 g/mol. The zero-order valence-corrected chi connectivity index (χ0v) is 10.7. The molecule has 0 fully saturated rings. The first-order chi connectivity index (χ1) is 8.22. The molecule has 0 saturated carbocycles. The molecule has 0 bridgehead atoms. The molecule has 0 radical (unpaired) electrons. The number of carbonyl (C=O) groups is 1. The van der Waals surface area contributed by atoms with Crippen LogP contribution in [0.1, 0.15) is 33.1 Å². The minimum absolute atomic E-state index is 0.0627. The third-order valence-electron chi connectivity index (χ3n) is 2.57. The third-order valence-corrected chi connectivity index (χ3v) is 2.57. The van der Waals surface area contributed by atoms with E-state index in [0.29, 0.717) is 6.42 Å². The Morgan fingerprint density at radius 1 is 1.29 bits per heavy atom. The standard InChI is InChI=1S/C14H22N2O/c1-3-4-10-15-12(2)11-14(17)16-13-8-6-5-7-9-13/h5-9,12,15H,3-4,10-11H2,1-2H3,(H,16,17). The molecular formula is C14H22N2O. The van der Waals surface area contributed by atoms with Gasteiger partial charge < -0.3 is 10.6 Å². The van der Waals surface area contributed by atoms with E-state index in [2.05, 4.69) is 17.6 Å². The SMILES string of the molecule is CCCCNC(C)CC(=O)Nc1ccccc1. The smallest absolute Gasteiger partial charge is 0.225 e. The summed E-state index contributed by atoms with van der Waals surface area (Å²) in [5.41, 5.74) is 0.859. The van der Waals surface area contributed by atoms with E-state index in [1.54, 1.807) is 0 Å². The maximum absolute atomic E-state index is 11.7. The van der Waals surface area contributed by atoms with Gasteiger partial charge in [0.2, 0.25) is 5.91 Å². The lowest BCUT2D eigenvalue weighted by molar-refractivity contribution is -0.116. The molecule has 0 spiro atoms. The number of hydrogen-bond acceptors (Lipinski definition) is 2. The van der Waals surface area contributed by atoms with Crippen molar-refractivity contribution in [2.75, 3.05) is 11.9 Å². The molecule has 1 rings (SSSR count). The molecule has 0 heterocycles. The summed E-state index contributed by atoms with van der Waals surface area (Å²) in [6, 6.07) is 9.78. The van der Waals surface area contributed by atoms with Crippen molar-refractivity contribution in [3.63, 3.8) is 0 Å². The summed E-state index contributed by atoms with van der Waals surface area (Å²) >= 11 is 0. The Balaban J connectivity index is 2.25. The van der Waals surface area contributed by atoms with E-state index in [4.69, 9.17) is 0 Å². The Morgan fingerprint density at radius 3 is 2.65 bits per heavy atom. The highest BCUT2D eigenvalue weighted by molar-refractivity contribution is 5.90. The minimum atomic E-state index is 0.0627. The van der Waals surface area contributed by atoms with Crippen molar-refractivity contribution in [2.24, 2.45) is 0 Å². The number of amides is 1. The Labute approximate surface area is 104 Å². The molecular weight excluding hydrogens is 212 g/mol. The summed E-state index contributed by atoms with van der Waals surface area (Å²) in [6.07, 6.45) is 2.85. The van der Waals surface area contributed by atoms with Crippen LogP contribution in [0.25, 0.3) is 0 Å². The van der Waals surface area contributed by atoms with Crippen LogP contribution in [0.15, 0.2) is 30.3 Å². The van der Waals surface area contributed by atoms with Gasteiger partial charge in [0.05, 0.1) is 0 Å². The van der Waals surface area contributed by atoms with Crippen LogP contribution in [0.4, 0.5) is 5.69 Å². The molecule has 1 aromatic carbocycles. The Hall–Kier alpha value is -1.35. The number of benzene rings is 1. The van der Waals surface area contributed by atoms with Gasteiger partial charge in [0, 0.05) is 18.2 Å². The number of nitrogens with one attached hydrogen (secondary N) is 2. The average molecular weight is 234 g/mol. The van der Waals surface area contributed by atoms with Crippen LogP contribution >= 0.6 is 0 Å². The van der Waals surface area contributed by atoms with Crippen molar-refractivity contribution in [3.05, 3.63) is 30.3 Å². The van der Waals surface area contributed by atoms with Gasteiger partial charge in [-0.25, -0.2) is 0 Å². The highest BCUT2D eigenvalue weighted by Crippen LogP contribution is 2.06. The van der Waals surface area contributed by atoms with Crippen LogP contribution < -0.4 is 10.6 Å². The minimum Gasteiger partial charge on any atom is -0.326 e. The quantitative estimate of drug-likeness (QED) is 0.712. The van der Waals surface area contributed by atoms with E-state index in [1.807, 2.05) is 37.3 Å². The highest BCUT2D eigenvalue weighted by Gasteiger charge is 2.08. The summed E-state index contributed by atoms with van der Waals surface area (Å²) in [6.45, 7) is 5.19. The van der Waals surface area contributed by atoms with Crippen molar-refractivity contribution in [1.29, 1.82) is 0 Å². The van der Waals surface area contributed by atoms with Crippen molar-refractivity contribution in [3.8, 4) is 0 Å². The van der Waals surface area contributed by atoms with Crippen molar-refractivity contribution in [1.82, 2.24) is 5.32 Å². The predicted octanol–water partition coefficient (Wildman–Crippen LogP) is 2.79. The second-order valence-corrected chi connectivity index (χ2v) is 4.33. The molecule has 0 saturated heterocycles. The molecule has 0 aliphatic rings. The molecule has 3 heteroatoms. The Morgan fingerprint density at radius 2 is 2.00 bits per heavy atom.